The van der Waals surface area contributed by atoms with Gasteiger partial charge in [-0.2, -0.15) is 0 Å². The predicted molar refractivity (Wildman–Crippen MR) is 46.8 cm³/mol. The fourth-order valence-electron chi connectivity index (χ4n) is 0.827. The van der Waals surface area contributed by atoms with Gasteiger partial charge in [0.05, 0.1) is 5.54 Å². The Morgan fingerprint density at radius 3 is 2.58 bits per heavy atom. The van der Waals surface area contributed by atoms with Crippen molar-refractivity contribution < 1.29 is 4.79 Å². The number of rotatable bonds is 2. The van der Waals surface area contributed by atoms with Gasteiger partial charge in [-0.05, 0) is 26.0 Å². The highest BCUT2D eigenvalue weighted by atomic mass is 16.1. The maximum Gasteiger partial charge on any atom is 0.200 e. The van der Waals surface area contributed by atoms with E-state index in [-0.39, 0.29) is 5.78 Å². The SMILES string of the molecule is CC(C)(N)C(=O)c1ccccn1. The zero-order valence-corrected chi connectivity index (χ0v) is 7.24. The van der Waals surface area contributed by atoms with Gasteiger partial charge in [-0.3, -0.25) is 9.78 Å². The first-order valence-electron chi connectivity index (χ1n) is 3.76. The number of nitrogens with zero attached hydrogens (tertiary/aromatic N) is 1. The summed E-state index contributed by atoms with van der Waals surface area (Å²) >= 11 is 0. The summed E-state index contributed by atoms with van der Waals surface area (Å²) < 4.78 is 0. The summed E-state index contributed by atoms with van der Waals surface area (Å²) in [7, 11) is 0. The Hall–Kier alpha value is -1.22. The molecule has 12 heavy (non-hydrogen) atoms. The van der Waals surface area contributed by atoms with Gasteiger partial charge in [-0.15, -0.1) is 0 Å². The van der Waals surface area contributed by atoms with Crippen molar-refractivity contribution in [2.75, 3.05) is 0 Å². The van der Waals surface area contributed by atoms with E-state index in [4.69, 9.17) is 5.73 Å². The number of hydrogen-bond acceptors (Lipinski definition) is 3. The van der Waals surface area contributed by atoms with Gasteiger partial charge in [-0.25, -0.2) is 0 Å². The van der Waals surface area contributed by atoms with Crippen molar-refractivity contribution in [1.82, 2.24) is 4.98 Å². The minimum absolute atomic E-state index is 0.136. The topological polar surface area (TPSA) is 56.0 Å². The second-order valence-electron chi connectivity index (χ2n) is 3.27. The number of aromatic nitrogens is 1. The molecule has 1 heterocycles. The Morgan fingerprint density at radius 1 is 1.50 bits per heavy atom. The summed E-state index contributed by atoms with van der Waals surface area (Å²) in [5.41, 5.74) is 5.20. The maximum absolute atomic E-state index is 11.5. The van der Waals surface area contributed by atoms with E-state index in [1.807, 2.05) is 0 Å². The van der Waals surface area contributed by atoms with Gasteiger partial charge in [0.25, 0.3) is 0 Å². The highest BCUT2D eigenvalue weighted by Crippen LogP contribution is 2.06. The largest absolute Gasteiger partial charge is 0.319 e. The Bertz CT molecular complexity index is 274. The molecule has 0 aliphatic heterocycles. The van der Waals surface area contributed by atoms with Crippen LogP contribution in [0.3, 0.4) is 0 Å². The number of pyridine rings is 1. The van der Waals surface area contributed by atoms with Gasteiger partial charge in [0, 0.05) is 6.20 Å². The fourth-order valence-corrected chi connectivity index (χ4v) is 0.827. The zero-order valence-electron chi connectivity index (χ0n) is 7.24. The Morgan fingerprint density at radius 2 is 2.17 bits per heavy atom. The summed E-state index contributed by atoms with van der Waals surface area (Å²) in [5.74, 6) is -0.136. The lowest BCUT2D eigenvalue weighted by atomic mass is 9.98. The van der Waals surface area contributed by atoms with Crippen LogP contribution in [0.4, 0.5) is 0 Å². The molecule has 0 bridgehead atoms. The van der Waals surface area contributed by atoms with Crippen molar-refractivity contribution in [3.63, 3.8) is 0 Å². The van der Waals surface area contributed by atoms with E-state index >= 15 is 0 Å². The monoisotopic (exact) mass is 164 g/mol. The van der Waals surface area contributed by atoms with Gasteiger partial charge in [-0.1, -0.05) is 6.07 Å². The van der Waals surface area contributed by atoms with Gasteiger partial charge >= 0.3 is 0 Å². The summed E-state index contributed by atoms with van der Waals surface area (Å²) in [4.78, 5) is 15.4. The van der Waals surface area contributed by atoms with Crippen LogP contribution in [-0.4, -0.2) is 16.3 Å². The molecular weight excluding hydrogens is 152 g/mol. The van der Waals surface area contributed by atoms with Crippen molar-refractivity contribution in [2.45, 2.75) is 19.4 Å². The molecule has 0 unspecified atom stereocenters. The van der Waals surface area contributed by atoms with E-state index in [0.29, 0.717) is 5.69 Å². The molecule has 0 saturated heterocycles. The number of carbonyl (C=O) groups is 1. The van der Waals surface area contributed by atoms with E-state index in [1.165, 1.54) is 0 Å². The van der Waals surface area contributed by atoms with Crippen molar-refractivity contribution in [1.29, 1.82) is 0 Å². The van der Waals surface area contributed by atoms with Crippen LogP contribution in [0.25, 0.3) is 0 Å². The smallest absolute Gasteiger partial charge is 0.200 e. The molecule has 0 radical (unpaired) electrons. The van der Waals surface area contributed by atoms with E-state index in [1.54, 1.807) is 38.2 Å². The first-order chi connectivity index (χ1) is 5.52. The van der Waals surface area contributed by atoms with Crippen LogP contribution in [0.2, 0.25) is 0 Å². The molecule has 3 nitrogen and oxygen atoms in total. The molecule has 0 aliphatic carbocycles. The highest BCUT2D eigenvalue weighted by molar-refractivity contribution is 6.00. The normalized spacial score (nSPS) is 11.2. The molecule has 0 fully saturated rings. The molecule has 2 N–H and O–H groups in total. The van der Waals surface area contributed by atoms with E-state index in [9.17, 15) is 4.79 Å². The number of Topliss-reactive ketones (excluding diaryl/α,β-unsaturated/α-hetero) is 1. The van der Waals surface area contributed by atoms with E-state index in [0.717, 1.165) is 0 Å². The van der Waals surface area contributed by atoms with Gasteiger partial charge in [0.15, 0.2) is 5.78 Å². The third-order valence-corrected chi connectivity index (χ3v) is 1.48. The summed E-state index contributed by atoms with van der Waals surface area (Å²) in [6.45, 7) is 3.34. The second-order valence-corrected chi connectivity index (χ2v) is 3.27. The first-order valence-corrected chi connectivity index (χ1v) is 3.76. The summed E-state index contributed by atoms with van der Waals surface area (Å²) in [6.07, 6.45) is 1.58. The van der Waals surface area contributed by atoms with Crippen LogP contribution < -0.4 is 5.73 Å². The van der Waals surface area contributed by atoms with Crippen molar-refractivity contribution in [3.8, 4) is 0 Å². The maximum atomic E-state index is 11.5. The van der Waals surface area contributed by atoms with Crippen molar-refractivity contribution >= 4 is 5.78 Å². The van der Waals surface area contributed by atoms with Crippen molar-refractivity contribution in [2.24, 2.45) is 5.73 Å². The average molecular weight is 164 g/mol. The summed E-state index contributed by atoms with van der Waals surface area (Å²) in [6, 6.07) is 5.20. The number of nitrogens with two attached hydrogens (primary N) is 1. The molecule has 0 spiro atoms. The van der Waals surface area contributed by atoms with Crippen LogP contribution in [0.5, 0.6) is 0 Å². The lowest BCUT2D eigenvalue weighted by Crippen LogP contribution is -2.41. The minimum Gasteiger partial charge on any atom is -0.319 e. The molecule has 1 rings (SSSR count). The van der Waals surface area contributed by atoms with E-state index < -0.39 is 5.54 Å². The minimum atomic E-state index is -0.839. The first kappa shape index (κ1) is 8.87. The number of hydrogen-bond donors (Lipinski definition) is 1. The lowest BCUT2D eigenvalue weighted by Gasteiger charge is -2.15. The fraction of sp³-hybridized carbons (Fsp3) is 0.333. The molecule has 64 valence electrons. The molecule has 0 aliphatic rings. The Balaban J connectivity index is 2.94. The van der Waals surface area contributed by atoms with Crippen LogP contribution in [-0.2, 0) is 0 Å². The molecule has 3 heteroatoms. The van der Waals surface area contributed by atoms with Crippen LogP contribution >= 0.6 is 0 Å². The zero-order chi connectivity index (χ0) is 9.19. The molecule has 0 saturated carbocycles. The second kappa shape index (κ2) is 3.03. The summed E-state index contributed by atoms with van der Waals surface area (Å²) in [5, 5.41) is 0. The standard InChI is InChI=1S/C9H12N2O/c1-9(2,10)8(12)7-5-3-4-6-11-7/h3-6H,10H2,1-2H3. The van der Waals surface area contributed by atoms with Gasteiger partial charge in [0.2, 0.25) is 0 Å². The third-order valence-electron chi connectivity index (χ3n) is 1.48. The third kappa shape index (κ3) is 1.89. The lowest BCUT2D eigenvalue weighted by molar-refractivity contribution is 0.0908. The van der Waals surface area contributed by atoms with Crippen LogP contribution in [0.15, 0.2) is 24.4 Å². The molecule has 1 aromatic heterocycles. The van der Waals surface area contributed by atoms with Gasteiger partial charge < -0.3 is 5.73 Å². The number of carbonyl (C=O) groups excluding carboxylic acids is 1. The molecular formula is C9H12N2O. The molecule has 0 amide bonds. The quantitative estimate of drug-likeness (QED) is 0.663. The van der Waals surface area contributed by atoms with Crippen molar-refractivity contribution in [3.05, 3.63) is 30.1 Å². The number of ketones is 1. The molecule has 0 atom stereocenters. The average Bonchev–Trinajstić information content (AvgIpc) is 2.03. The van der Waals surface area contributed by atoms with Crippen LogP contribution in [0.1, 0.15) is 24.3 Å². The Labute approximate surface area is 71.6 Å². The molecule has 1 aromatic rings. The Kier molecular flexibility index (Phi) is 2.24. The highest BCUT2D eigenvalue weighted by Gasteiger charge is 2.23. The van der Waals surface area contributed by atoms with E-state index in [2.05, 4.69) is 4.98 Å². The van der Waals surface area contributed by atoms with Crippen LogP contribution in [0, 0.1) is 0 Å². The van der Waals surface area contributed by atoms with Gasteiger partial charge in [0.1, 0.15) is 5.69 Å². The molecule has 0 aromatic carbocycles. The predicted octanol–water partition coefficient (Wildman–Crippen LogP) is 1.00.